The first-order valence-electron chi connectivity index (χ1n) is 13.7. The molecule has 2 atom stereocenters. The van der Waals surface area contributed by atoms with Crippen molar-refractivity contribution in [3.05, 3.63) is 35.4 Å². The average molecular weight is 540 g/mol. The molecule has 2 aliphatic rings. The van der Waals surface area contributed by atoms with Crippen molar-refractivity contribution in [2.24, 2.45) is 28.4 Å². The quantitative estimate of drug-likeness (QED) is 0.278. The number of piperidine rings is 1. The second kappa shape index (κ2) is 12.6. The highest BCUT2D eigenvalue weighted by atomic mass is 16.5. The van der Waals surface area contributed by atoms with Gasteiger partial charge in [-0.3, -0.25) is 24.4 Å². The van der Waals surface area contributed by atoms with Gasteiger partial charge in [-0.25, -0.2) is 5.48 Å². The van der Waals surface area contributed by atoms with Crippen molar-refractivity contribution in [2.45, 2.75) is 78.2 Å². The zero-order valence-corrected chi connectivity index (χ0v) is 23.2. The van der Waals surface area contributed by atoms with E-state index in [0.717, 1.165) is 25.7 Å². The van der Waals surface area contributed by atoms with Gasteiger partial charge in [0.15, 0.2) is 0 Å². The minimum atomic E-state index is -1.48. The van der Waals surface area contributed by atoms with Gasteiger partial charge >= 0.3 is 0 Å². The molecule has 2 fully saturated rings. The number of nitriles is 1. The zero-order chi connectivity index (χ0) is 28.8. The van der Waals surface area contributed by atoms with Gasteiger partial charge in [-0.05, 0) is 54.9 Å². The smallest absolute Gasteiger partial charge is 0.251 e. The zero-order valence-electron chi connectivity index (χ0n) is 23.2. The first kappa shape index (κ1) is 30.1. The van der Waals surface area contributed by atoms with Gasteiger partial charge in [-0.1, -0.05) is 46.5 Å². The number of benzene rings is 1. The van der Waals surface area contributed by atoms with E-state index in [1.165, 1.54) is 0 Å². The lowest BCUT2D eigenvalue weighted by molar-refractivity contribution is -0.163. The first-order chi connectivity index (χ1) is 18.4. The summed E-state index contributed by atoms with van der Waals surface area (Å²) in [6.07, 6.45) is 4.86. The Hall–Kier alpha value is -3.45. The molecular formula is C29H41N5O5. The Morgan fingerprint density at radius 3 is 2.15 bits per heavy atom. The number of carbonyl (C=O) groups excluding carboxylic acids is 4. The number of hydrogen-bond acceptors (Lipinski definition) is 6. The first-order valence-corrected chi connectivity index (χ1v) is 13.7. The van der Waals surface area contributed by atoms with E-state index in [-0.39, 0.29) is 30.2 Å². The van der Waals surface area contributed by atoms with Crippen LogP contribution in [0, 0.1) is 34.0 Å². The van der Waals surface area contributed by atoms with E-state index < -0.39 is 28.6 Å². The van der Waals surface area contributed by atoms with Crippen LogP contribution < -0.4 is 16.5 Å². The second-order valence-corrected chi connectivity index (χ2v) is 12.2. The summed E-state index contributed by atoms with van der Waals surface area (Å²) in [4.78, 5) is 54.3. The normalized spacial score (nSPS) is 19.0. The van der Waals surface area contributed by atoms with Crippen LogP contribution >= 0.6 is 0 Å². The van der Waals surface area contributed by atoms with Crippen molar-refractivity contribution in [2.75, 3.05) is 13.1 Å². The predicted molar refractivity (Wildman–Crippen MR) is 144 cm³/mol. The van der Waals surface area contributed by atoms with E-state index in [1.54, 1.807) is 34.6 Å². The van der Waals surface area contributed by atoms with Gasteiger partial charge in [0.25, 0.3) is 11.8 Å². The number of likely N-dealkylation sites (tertiary alicyclic amines) is 1. The lowest BCUT2D eigenvalue weighted by atomic mass is 9.58. The summed E-state index contributed by atoms with van der Waals surface area (Å²) in [7, 11) is 0. The molecule has 39 heavy (non-hydrogen) atoms. The SMILES string of the molecule is CC(C)(C)[C@H](C(=O)N1CCC(NC(=O)c2ccc(C#N)cc2)CC1)C(CC(N)=O)(CC1CCCC1)C(=O)NO. The van der Waals surface area contributed by atoms with Crippen LogP contribution in [0.2, 0.25) is 0 Å². The minimum Gasteiger partial charge on any atom is -0.370 e. The van der Waals surface area contributed by atoms with Crippen molar-refractivity contribution in [3.63, 3.8) is 0 Å². The van der Waals surface area contributed by atoms with Crippen LogP contribution in [-0.2, 0) is 14.4 Å². The highest BCUT2D eigenvalue weighted by Crippen LogP contribution is 2.50. The highest BCUT2D eigenvalue weighted by molar-refractivity contribution is 5.95. The molecule has 1 unspecified atom stereocenters. The topological polar surface area (TPSA) is 166 Å². The largest absolute Gasteiger partial charge is 0.370 e. The Balaban J connectivity index is 1.79. The third kappa shape index (κ3) is 7.15. The van der Waals surface area contributed by atoms with Crippen LogP contribution in [0.25, 0.3) is 0 Å². The fourth-order valence-corrected chi connectivity index (χ4v) is 6.58. The van der Waals surface area contributed by atoms with Crippen LogP contribution in [0.3, 0.4) is 0 Å². The Bertz CT molecular complexity index is 1090. The van der Waals surface area contributed by atoms with E-state index >= 15 is 0 Å². The maximum atomic E-state index is 14.2. The van der Waals surface area contributed by atoms with E-state index in [0.29, 0.717) is 43.5 Å². The number of amides is 4. The van der Waals surface area contributed by atoms with Crippen LogP contribution in [0.1, 0.15) is 88.1 Å². The minimum absolute atomic E-state index is 0.139. The number of rotatable bonds is 9. The Morgan fingerprint density at radius 2 is 1.67 bits per heavy atom. The third-order valence-corrected chi connectivity index (χ3v) is 8.25. The molecule has 0 radical (unpaired) electrons. The summed E-state index contributed by atoms with van der Waals surface area (Å²) in [5.74, 6) is -2.66. The van der Waals surface area contributed by atoms with Crippen molar-refractivity contribution in [1.82, 2.24) is 15.7 Å². The summed E-state index contributed by atoms with van der Waals surface area (Å²) in [5, 5.41) is 21.7. The molecule has 1 heterocycles. The maximum Gasteiger partial charge on any atom is 0.251 e. The third-order valence-electron chi connectivity index (χ3n) is 8.25. The standard InChI is InChI=1S/C29H41N5O5/c1-28(2,3)24(29(17-23(31)35,27(38)33-39)16-19-6-4-5-7-19)26(37)34-14-12-22(13-15-34)32-25(36)21-10-8-20(18-30)9-11-21/h8-11,19,22,24,39H,4-7,12-17H2,1-3H3,(H2,31,35)(H,32,36)(H,33,38)/t24-,29?/m0/s1. The highest BCUT2D eigenvalue weighted by Gasteiger charge is 2.56. The summed E-state index contributed by atoms with van der Waals surface area (Å²) in [6, 6.07) is 8.29. The van der Waals surface area contributed by atoms with Crippen molar-refractivity contribution >= 4 is 23.6 Å². The number of nitrogens with zero attached hydrogens (tertiary/aromatic N) is 2. The molecule has 10 nitrogen and oxygen atoms in total. The van der Waals surface area contributed by atoms with E-state index in [9.17, 15) is 24.4 Å². The lowest BCUT2D eigenvalue weighted by Crippen LogP contribution is -2.59. The predicted octanol–water partition coefficient (Wildman–Crippen LogP) is 2.89. The number of hydrogen-bond donors (Lipinski definition) is 4. The van der Waals surface area contributed by atoms with Gasteiger partial charge in [0, 0.05) is 31.1 Å². The van der Waals surface area contributed by atoms with Crippen molar-refractivity contribution in [3.8, 4) is 6.07 Å². The molecule has 10 heteroatoms. The molecule has 3 rings (SSSR count). The van der Waals surface area contributed by atoms with Crippen LogP contribution in [0.15, 0.2) is 24.3 Å². The number of nitrogens with two attached hydrogens (primary N) is 1. The number of primary amides is 1. The molecule has 1 aromatic rings. The van der Waals surface area contributed by atoms with Gasteiger partial charge in [0.1, 0.15) is 0 Å². The average Bonchev–Trinajstić information content (AvgIpc) is 3.40. The number of nitrogens with one attached hydrogen (secondary N) is 2. The summed E-state index contributed by atoms with van der Waals surface area (Å²) in [5.41, 5.74) is 6.16. The molecule has 0 aromatic heterocycles. The molecule has 212 valence electrons. The monoisotopic (exact) mass is 539 g/mol. The van der Waals surface area contributed by atoms with Gasteiger partial charge in [-0.2, -0.15) is 5.26 Å². The molecule has 1 aliphatic carbocycles. The summed E-state index contributed by atoms with van der Waals surface area (Å²) in [6.45, 7) is 6.36. The van der Waals surface area contributed by atoms with Gasteiger partial charge < -0.3 is 16.0 Å². The molecular weight excluding hydrogens is 498 g/mol. The maximum absolute atomic E-state index is 14.2. The van der Waals surface area contributed by atoms with Gasteiger partial charge in [0.2, 0.25) is 11.8 Å². The molecule has 4 amide bonds. The molecule has 0 spiro atoms. The van der Waals surface area contributed by atoms with Gasteiger partial charge in [0.05, 0.1) is 23.0 Å². The molecule has 1 saturated carbocycles. The van der Waals surface area contributed by atoms with Gasteiger partial charge in [-0.15, -0.1) is 0 Å². The van der Waals surface area contributed by atoms with E-state index in [1.807, 2.05) is 26.8 Å². The molecule has 1 aliphatic heterocycles. The number of hydroxylamine groups is 1. The lowest BCUT2D eigenvalue weighted by Gasteiger charge is -2.47. The molecule has 1 aromatic carbocycles. The second-order valence-electron chi connectivity index (χ2n) is 12.2. The Labute approximate surface area is 230 Å². The molecule has 0 bridgehead atoms. The Kier molecular flexibility index (Phi) is 9.73. The van der Waals surface area contributed by atoms with Crippen LogP contribution in [0.4, 0.5) is 0 Å². The van der Waals surface area contributed by atoms with Crippen LogP contribution in [-0.4, -0.2) is 52.9 Å². The summed E-state index contributed by atoms with van der Waals surface area (Å²) < 4.78 is 0. The van der Waals surface area contributed by atoms with E-state index in [4.69, 9.17) is 11.0 Å². The van der Waals surface area contributed by atoms with Crippen LogP contribution in [0.5, 0.6) is 0 Å². The molecule has 5 N–H and O–H groups in total. The fraction of sp³-hybridized carbons (Fsp3) is 0.621. The van der Waals surface area contributed by atoms with E-state index in [2.05, 4.69) is 5.32 Å². The van der Waals surface area contributed by atoms with Crippen molar-refractivity contribution < 1.29 is 24.4 Å². The summed E-state index contributed by atoms with van der Waals surface area (Å²) >= 11 is 0. The molecule has 1 saturated heterocycles. The number of carbonyl (C=O) groups is 4. The Morgan fingerprint density at radius 1 is 1.08 bits per heavy atom. The fourth-order valence-electron chi connectivity index (χ4n) is 6.58. The van der Waals surface area contributed by atoms with Crippen molar-refractivity contribution in [1.29, 1.82) is 5.26 Å².